The maximum absolute atomic E-state index is 5.16. The van der Waals surface area contributed by atoms with Crippen LogP contribution in [0.2, 0.25) is 0 Å². The summed E-state index contributed by atoms with van der Waals surface area (Å²) in [6.07, 6.45) is 7.67. The largest absolute Gasteiger partial charge is 0.472 e. The van der Waals surface area contributed by atoms with Gasteiger partial charge in [-0.15, -0.1) is 0 Å². The zero-order valence-corrected chi connectivity index (χ0v) is 13.4. The highest BCUT2D eigenvalue weighted by Crippen LogP contribution is 2.34. The van der Waals surface area contributed by atoms with Crippen LogP contribution in [0.4, 0.5) is 0 Å². The molecule has 0 aliphatic heterocycles. The van der Waals surface area contributed by atoms with Gasteiger partial charge >= 0.3 is 0 Å². The molecule has 1 fully saturated rings. The van der Waals surface area contributed by atoms with Crippen LogP contribution in [-0.4, -0.2) is 31.6 Å². The molecule has 0 radical (unpaired) electrons. The van der Waals surface area contributed by atoms with E-state index in [2.05, 4.69) is 44.2 Å². The third-order valence-electron chi connectivity index (χ3n) is 4.92. The number of hydrogen-bond acceptors (Lipinski definition) is 3. The van der Waals surface area contributed by atoms with E-state index in [1.54, 1.807) is 6.26 Å². The van der Waals surface area contributed by atoms with Crippen LogP contribution in [0.5, 0.6) is 0 Å². The summed E-state index contributed by atoms with van der Waals surface area (Å²) >= 11 is 0. The number of nitrogens with zero attached hydrogens (tertiary/aromatic N) is 1. The van der Waals surface area contributed by atoms with Crippen LogP contribution in [0.3, 0.4) is 0 Å². The maximum atomic E-state index is 5.16. The monoisotopic (exact) mass is 278 g/mol. The van der Waals surface area contributed by atoms with Crippen molar-refractivity contribution < 1.29 is 4.42 Å². The first kappa shape index (κ1) is 15.6. The van der Waals surface area contributed by atoms with E-state index in [0.717, 1.165) is 24.3 Å². The van der Waals surface area contributed by atoms with Gasteiger partial charge in [-0.1, -0.05) is 13.8 Å². The molecule has 1 aliphatic rings. The zero-order chi connectivity index (χ0) is 14.5. The molecule has 0 spiro atoms. The first-order valence-electron chi connectivity index (χ1n) is 7.97. The molecule has 1 heterocycles. The number of hydrogen-bond donors (Lipinski definition) is 1. The summed E-state index contributed by atoms with van der Waals surface area (Å²) in [5.74, 6) is 2.47. The molecule has 0 bridgehead atoms. The molecule has 3 atom stereocenters. The molecule has 3 unspecified atom stereocenters. The molecule has 0 aromatic carbocycles. The van der Waals surface area contributed by atoms with E-state index in [-0.39, 0.29) is 0 Å². The van der Waals surface area contributed by atoms with Crippen LogP contribution >= 0.6 is 0 Å². The standard InChI is InChI=1S/C17H30N2O/c1-13(2)15-5-6-17(18-3)16(9-15)11-19(4)10-14-7-8-20-12-14/h7-8,12-13,15-18H,5-6,9-11H2,1-4H3. The summed E-state index contributed by atoms with van der Waals surface area (Å²) in [5.41, 5.74) is 1.27. The maximum Gasteiger partial charge on any atom is 0.0947 e. The molecule has 1 saturated carbocycles. The van der Waals surface area contributed by atoms with Gasteiger partial charge in [-0.25, -0.2) is 0 Å². The van der Waals surface area contributed by atoms with E-state index < -0.39 is 0 Å². The molecule has 1 aliphatic carbocycles. The first-order valence-corrected chi connectivity index (χ1v) is 7.97. The Morgan fingerprint density at radius 2 is 2.20 bits per heavy atom. The Morgan fingerprint density at radius 1 is 1.40 bits per heavy atom. The highest BCUT2D eigenvalue weighted by Gasteiger charge is 2.31. The van der Waals surface area contributed by atoms with Crippen molar-refractivity contribution in [1.29, 1.82) is 0 Å². The van der Waals surface area contributed by atoms with Crippen LogP contribution in [0, 0.1) is 17.8 Å². The van der Waals surface area contributed by atoms with Crippen LogP contribution in [-0.2, 0) is 6.54 Å². The lowest BCUT2D eigenvalue weighted by molar-refractivity contribution is 0.133. The van der Waals surface area contributed by atoms with Crippen molar-refractivity contribution in [3.8, 4) is 0 Å². The minimum atomic E-state index is 0.678. The predicted octanol–water partition coefficient (Wildman–Crippen LogP) is 3.37. The summed E-state index contributed by atoms with van der Waals surface area (Å²) in [6, 6.07) is 2.74. The van der Waals surface area contributed by atoms with Gasteiger partial charge in [0, 0.05) is 24.7 Å². The molecule has 20 heavy (non-hydrogen) atoms. The smallest absolute Gasteiger partial charge is 0.0947 e. The third kappa shape index (κ3) is 4.10. The number of nitrogens with one attached hydrogen (secondary N) is 1. The third-order valence-corrected chi connectivity index (χ3v) is 4.92. The summed E-state index contributed by atoms with van der Waals surface area (Å²) in [5, 5.41) is 3.53. The van der Waals surface area contributed by atoms with Crippen molar-refractivity contribution in [2.45, 2.75) is 45.7 Å². The average molecular weight is 278 g/mol. The lowest BCUT2D eigenvalue weighted by Crippen LogP contribution is -2.44. The molecule has 1 N–H and O–H groups in total. The Bertz CT molecular complexity index is 374. The van der Waals surface area contributed by atoms with Crippen LogP contribution < -0.4 is 5.32 Å². The van der Waals surface area contributed by atoms with E-state index in [9.17, 15) is 0 Å². The second-order valence-electron chi connectivity index (χ2n) is 6.80. The van der Waals surface area contributed by atoms with Crippen LogP contribution in [0.15, 0.2) is 23.0 Å². The van der Waals surface area contributed by atoms with E-state index >= 15 is 0 Å². The lowest BCUT2D eigenvalue weighted by Gasteiger charge is -2.39. The van der Waals surface area contributed by atoms with Gasteiger partial charge in [-0.2, -0.15) is 0 Å². The van der Waals surface area contributed by atoms with Gasteiger partial charge in [0.25, 0.3) is 0 Å². The minimum Gasteiger partial charge on any atom is -0.472 e. The molecule has 1 aromatic rings. The van der Waals surface area contributed by atoms with Gasteiger partial charge in [-0.05, 0) is 57.2 Å². The molecule has 2 rings (SSSR count). The summed E-state index contributed by atoms with van der Waals surface area (Å²) in [4.78, 5) is 2.43. The molecule has 3 nitrogen and oxygen atoms in total. The zero-order valence-electron chi connectivity index (χ0n) is 13.4. The Hall–Kier alpha value is -0.800. The van der Waals surface area contributed by atoms with E-state index in [0.29, 0.717) is 6.04 Å². The molecule has 114 valence electrons. The topological polar surface area (TPSA) is 28.4 Å². The van der Waals surface area contributed by atoms with Crippen molar-refractivity contribution in [1.82, 2.24) is 10.2 Å². The van der Waals surface area contributed by atoms with Crippen LogP contribution in [0.1, 0.15) is 38.7 Å². The molecular weight excluding hydrogens is 248 g/mol. The van der Waals surface area contributed by atoms with Crippen LogP contribution in [0.25, 0.3) is 0 Å². The van der Waals surface area contributed by atoms with Crippen molar-refractivity contribution >= 4 is 0 Å². The Labute approximate surface area is 123 Å². The molecule has 3 heteroatoms. The summed E-state index contributed by atoms with van der Waals surface area (Å²) < 4.78 is 5.16. The van der Waals surface area contributed by atoms with Gasteiger partial charge in [0.15, 0.2) is 0 Å². The second kappa shape index (κ2) is 7.28. The lowest BCUT2D eigenvalue weighted by atomic mass is 9.73. The fraction of sp³-hybridized carbons (Fsp3) is 0.765. The van der Waals surface area contributed by atoms with Crippen molar-refractivity contribution in [2.24, 2.45) is 17.8 Å². The molecule has 0 saturated heterocycles. The summed E-state index contributed by atoms with van der Waals surface area (Å²) in [6.45, 7) is 6.89. The van der Waals surface area contributed by atoms with Gasteiger partial charge in [0.2, 0.25) is 0 Å². The van der Waals surface area contributed by atoms with Crippen molar-refractivity contribution in [2.75, 3.05) is 20.6 Å². The van der Waals surface area contributed by atoms with E-state index in [1.807, 2.05) is 6.26 Å². The second-order valence-corrected chi connectivity index (χ2v) is 6.80. The van der Waals surface area contributed by atoms with E-state index in [1.165, 1.54) is 31.4 Å². The molecule has 1 aromatic heterocycles. The highest BCUT2D eigenvalue weighted by molar-refractivity contribution is 5.04. The normalized spacial score (nSPS) is 27.4. The Morgan fingerprint density at radius 3 is 2.80 bits per heavy atom. The average Bonchev–Trinajstić information content (AvgIpc) is 2.91. The highest BCUT2D eigenvalue weighted by atomic mass is 16.3. The minimum absolute atomic E-state index is 0.678. The number of furan rings is 1. The molecular formula is C17H30N2O. The van der Waals surface area contributed by atoms with Crippen molar-refractivity contribution in [3.05, 3.63) is 24.2 Å². The quantitative estimate of drug-likeness (QED) is 0.865. The fourth-order valence-electron chi connectivity index (χ4n) is 3.65. The first-order chi connectivity index (χ1) is 9.60. The Kier molecular flexibility index (Phi) is 5.67. The summed E-state index contributed by atoms with van der Waals surface area (Å²) in [7, 11) is 4.34. The van der Waals surface area contributed by atoms with Gasteiger partial charge in [-0.3, -0.25) is 0 Å². The van der Waals surface area contributed by atoms with Gasteiger partial charge in [0.05, 0.1) is 12.5 Å². The van der Waals surface area contributed by atoms with Gasteiger partial charge < -0.3 is 14.6 Å². The number of rotatable bonds is 6. The Balaban J connectivity index is 1.90. The SMILES string of the molecule is CNC1CCC(C(C)C)CC1CN(C)Cc1ccoc1. The van der Waals surface area contributed by atoms with Gasteiger partial charge in [0.1, 0.15) is 0 Å². The fourth-order valence-corrected chi connectivity index (χ4v) is 3.65. The molecule has 0 amide bonds. The predicted molar refractivity (Wildman–Crippen MR) is 83.6 cm³/mol. The van der Waals surface area contributed by atoms with Crippen molar-refractivity contribution in [3.63, 3.8) is 0 Å². The van der Waals surface area contributed by atoms with E-state index in [4.69, 9.17) is 4.42 Å².